The van der Waals surface area contributed by atoms with Gasteiger partial charge in [0.2, 0.25) is 5.95 Å². The van der Waals surface area contributed by atoms with Gasteiger partial charge in [-0.3, -0.25) is 9.79 Å². The fourth-order valence-electron chi connectivity index (χ4n) is 3.95. The van der Waals surface area contributed by atoms with E-state index in [0.717, 1.165) is 28.6 Å². The van der Waals surface area contributed by atoms with E-state index in [9.17, 15) is 4.79 Å². The van der Waals surface area contributed by atoms with Crippen LogP contribution in [0.25, 0.3) is 10.9 Å². The van der Waals surface area contributed by atoms with Crippen LogP contribution >= 0.6 is 0 Å². The van der Waals surface area contributed by atoms with Crippen LogP contribution in [0.15, 0.2) is 59.7 Å². The Morgan fingerprint density at radius 1 is 1.16 bits per heavy atom. The van der Waals surface area contributed by atoms with Crippen LogP contribution in [0.5, 0.6) is 0 Å². The van der Waals surface area contributed by atoms with Crippen molar-refractivity contribution in [1.82, 2.24) is 19.9 Å². The summed E-state index contributed by atoms with van der Waals surface area (Å²) in [6.45, 7) is 7.11. The van der Waals surface area contributed by atoms with Crippen molar-refractivity contribution in [2.75, 3.05) is 18.4 Å². The Labute approximate surface area is 188 Å². The molecule has 2 aromatic heterocycles. The van der Waals surface area contributed by atoms with Crippen molar-refractivity contribution in [3.05, 3.63) is 71.7 Å². The number of rotatable bonds is 8. The normalized spacial score (nSPS) is 15.8. The first kappa shape index (κ1) is 21.6. The molecule has 1 aliphatic rings. The Morgan fingerprint density at radius 2 is 2.00 bits per heavy atom. The highest BCUT2D eigenvalue weighted by Gasteiger charge is 2.27. The molecule has 0 radical (unpaired) electrons. The minimum Gasteiger partial charge on any atom is -0.352 e. The SMILES string of the molecule is CC[C@@H](CNc1ncc2ccccc2n1)N(CC)C(=O)c1nc(C)ccc1[C@@H]1C=CC=N1. The molecule has 0 fully saturated rings. The number of nitrogens with one attached hydrogen (secondary N) is 1. The molecule has 1 amide bonds. The summed E-state index contributed by atoms with van der Waals surface area (Å²) in [5, 5.41) is 4.32. The molecule has 32 heavy (non-hydrogen) atoms. The Morgan fingerprint density at radius 3 is 2.75 bits per heavy atom. The van der Waals surface area contributed by atoms with Gasteiger partial charge in [-0.05, 0) is 38.5 Å². The second kappa shape index (κ2) is 9.68. The molecule has 3 heterocycles. The molecule has 3 aromatic rings. The van der Waals surface area contributed by atoms with Crippen molar-refractivity contribution >= 4 is 29.0 Å². The van der Waals surface area contributed by atoms with Gasteiger partial charge in [-0.15, -0.1) is 0 Å². The van der Waals surface area contributed by atoms with E-state index in [1.54, 1.807) is 6.21 Å². The van der Waals surface area contributed by atoms with Gasteiger partial charge in [-0.25, -0.2) is 15.0 Å². The predicted molar refractivity (Wildman–Crippen MR) is 128 cm³/mol. The molecule has 1 N–H and O–H groups in total. The number of fused-ring (bicyclic) bond motifs is 1. The third-order valence-corrected chi connectivity index (χ3v) is 5.71. The van der Waals surface area contributed by atoms with Crippen LogP contribution in [0.2, 0.25) is 0 Å². The largest absolute Gasteiger partial charge is 0.352 e. The number of benzene rings is 1. The van der Waals surface area contributed by atoms with Crippen molar-refractivity contribution in [1.29, 1.82) is 0 Å². The van der Waals surface area contributed by atoms with Gasteiger partial charge < -0.3 is 10.2 Å². The number of para-hydroxylation sites is 1. The van der Waals surface area contributed by atoms with Gasteiger partial charge in [0.25, 0.3) is 5.91 Å². The maximum atomic E-state index is 13.6. The van der Waals surface area contributed by atoms with E-state index in [1.807, 2.05) is 73.5 Å². The quantitative estimate of drug-likeness (QED) is 0.576. The average molecular weight is 429 g/mol. The van der Waals surface area contributed by atoms with Gasteiger partial charge in [0.05, 0.1) is 11.6 Å². The zero-order valence-corrected chi connectivity index (χ0v) is 18.7. The number of aromatic nitrogens is 3. The van der Waals surface area contributed by atoms with E-state index >= 15 is 0 Å². The maximum Gasteiger partial charge on any atom is 0.273 e. The lowest BCUT2D eigenvalue weighted by atomic mass is 10.0. The second-order valence-corrected chi connectivity index (χ2v) is 7.80. The number of pyridine rings is 1. The van der Waals surface area contributed by atoms with E-state index in [1.165, 1.54) is 0 Å². The molecule has 0 bridgehead atoms. The van der Waals surface area contributed by atoms with Crippen LogP contribution in [0, 0.1) is 6.92 Å². The average Bonchev–Trinajstić information content (AvgIpc) is 3.36. The zero-order valence-electron chi connectivity index (χ0n) is 18.7. The molecular formula is C25H28N6O. The molecule has 1 aromatic carbocycles. The molecular weight excluding hydrogens is 400 g/mol. The molecule has 4 rings (SSSR count). The number of carbonyl (C=O) groups is 1. The Kier molecular flexibility index (Phi) is 6.54. The molecule has 0 saturated carbocycles. The van der Waals surface area contributed by atoms with Crippen molar-refractivity contribution in [3.8, 4) is 0 Å². The first-order valence-corrected chi connectivity index (χ1v) is 11.0. The van der Waals surface area contributed by atoms with Crippen molar-refractivity contribution in [3.63, 3.8) is 0 Å². The third kappa shape index (κ3) is 4.51. The summed E-state index contributed by atoms with van der Waals surface area (Å²) < 4.78 is 0. The summed E-state index contributed by atoms with van der Waals surface area (Å²) in [7, 11) is 0. The molecule has 0 spiro atoms. The molecule has 7 heteroatoms. The van der Waals surface area contributed by atoms with Crippen LogP contribution in [-0.4, -0.2) is 51.1 Å². The van der Waals surface area contributed by atoms with Crippen molar-refractivity contribution in [2.45, 2.75) is 39.3 Å². The number of nitrogens with zero attached hydrogens (tertiary/aromatic N) is 5. The van der Waals surface area contributed by atoms with Crippen LogP contribution in [0.4, 0.5) is 5.95 Å². The molecule has 7 nitrogen and oxygen atoms in total. The van der Waals surface area contributed by atoms with Crippen molar-refractivity contribution in [2.24, 2.45) is 4.99 Å². The van der Waals surface area contributed by atoms with Gasteiger partial charge in [0.15, 0.2) is 0 Å². The van der Waals surface area contributed by atoms with Gasteiger partial charge >= 0.3 is 0 Å². The van der Waals surface area contributed by atoms with Crippen LogP contribution in [0.3, 0.4) is 0 Å². The van der Waals surface area contributed by atoms with Gasteiger partial charge in [-0.2, -0.15) is 0 Å². The molecule has 0 saturated heterocycles. The van der Waals surface area contributed by atoms with E-state index in [4.69, 9.17) is 0 Å². The third-order valence-electron chi connectivity index (χ3n) is 5.71. The number of aliphatic imine (C=N–C) groups is 1. The molecule has 1 aliphatic heterocycles. The zero-order chi connectivity index (χ0) is 22.5. The Balaban J connectivity index is 1.54. The fraction of sp³-hybridized carbons (Fsp3) is 0.320. The second-order valence-electron chi connectivity index (χ2n) is 7.80. The van der Waals surface area contributed by atoms with E-state index in [-0.39, 0.29) is 18.0 Å². The number of amides is 1. The minimum atomic E-state index is -0.162. The van der Waals surface area contributed by atoms with Crippen LogP contribution in [0.1, 0.15) is 48.1 Å². The highest BCUT2D eigenvalue weighted by atomic mass is 16.2. The summed E-state index contributed by atoms with van der Waals surface area (Å²) in [5.41, 5.74) is 3.01. The summed E-state index contributed by atoms with van der Waals surface area (Å²) in [6.07, 6.45) is 8.25. The number of hydrogen-bond donors (Lipinski definition) is 1. The smallest absolute Gasteiger partial charge is 0.273 e. The van der Waals surface area contributed by atoms with E-state index in [2.05, 4.69) is 32.2 Å². The number of hydrogen-bond acceptors (Lipinski definition) is 6. The summed E-state index contributed by atoms with van der Waals surface area (Å²) in [4.78, 5) is 33.6. The van der Waals surface area contributed by atoms with Gasteiger partial charge in [-0.1, -0.05) is 37.3 Å². The minimum absolute atomic E-state index is 0.0275. The first-order chi connectivity index (χ1) is 15.6. The topological polar surface area (TPSA) is 83.4 Å². The lowest BCUT2D eigenvalue weighted by Gasteiger charge is -2.31. The Bertz CT molecular complexity index is 1160. The molecule has 0 aliphatic carbocycles. The summed E-state index contributed by atoms with van der Waals surface area (Å²) in [5.74, 6) is 0.486. The molecule has 164 valence electrons. The maximum absolute atomic E-state index is 13.6. The van der Waals surface area contributed by atoms with Crippen LogP contribution in [-0.2, 0) is 0 Å². The van der Waals surface area contributed by atoms with E-state index < -0.39 is 0 Å². The van der Waals surface area contributed by atoms with Gasteiger partial charge in [0, 0.05) is 48.2 Å². The van der Waals surface area contributed by atoms with Gasteiger partial charge in [0.1, 0.15) is 5.69 Å². The number of likely N-dealkylation sites (N-methyl/N-ethyl adjacent to an activating group) is 1. The molecule has 0 unspecified atom stereocenters. The number of anilines is 1. The number of aryl methyl sites for hydroxylation is 1. The van der Waals surface area contributed by atoms with Crippen LogP contribution < -0.4 is 5.32 Å². The highest BCUT2D eigenvalue weighted by molar-refractivity contribution is 5.94. The summed E-state index contributed by atoms with van der Waals surface area (Å²) in [6, 6.07) is 11.6. The van der Waals surface area contributed by atoms with Crippen molar-refractivity contribution < 1.29 is 4.79 Å². The lowest BCUT2D eigenvalue weighted by Crippen LogP contribution is -2.44. The standard InChI is InChI=1S/C25H28N6O/c1-4-19(16-28-25-27-15-18-9-6-7-10-21(18)30-25)31(5-2)24(32)23-20(13-12-17(3)29-23)22-11-8-14-26-22/h6-15,19,22H,4-5,16H2,1-3H3,(H,27,28,30)/t19-,22-/m0/s1. The first-order valence-electron chi connectivity index (χ1n) is 11.0. The number of carbonyl (C=O) groups excluding carboxylic acids is 1. The highest BCUT2D eigenvalue weighted by Crippen LogP contribution is 2.26. The monoisotopic (exact) mass is 428 g/mol. The lowest BCUT2D eigenvalue weighted by molar-refractivity contribution is 0.0686. The number of allylic oxidation sites excluding steroid dienone is 1. The molecule has 2 atom stereocenters. The predicted octanol–water partition coefficient (Wildman–Crippen LogP) is 4.37. The summed E-state index contributed by atoms with van der Waals surface area (Å²) >= 11 is 0. The fourth-order valence-corrected chi connectivity index (χ4v) is 3.95. The Hall–Kier alpha value is -3.61. The van der Waals surface area contributed by atoms with E-state index in [0.29, 0.717) is 24.7 Å².